The quantitative estimate of drug-likeness (QED) is 0.677. The molecule has 5 heteroatoms. The van der Waals surface area contributed by atoms with E-state index in [-0.39, 0.29) is 0 Å². The standard InChI is InChI=1S/C10H8N4S/c11-9-3-4-12-10-6-7(13-14(9)10)8-2-1-5-15-8/h1-6H,11H2. The van der Waals surface area contributed by atoms with E-state index in [4.69, 9.17) is 5.73 Å². The minimum Gasteiger partial charge on any atom is -0.384 e. The number of rotatable bonds is 1. The monoisotopic (exact) mass is 216 g/mol. The van der Waals surface area contributed by atoms with E-state index in [2.05, 4.69) is 10.1 Å². The number of aromatic nitrogens is 3. The molecule has 0 atom stereocenters. The number of nitrogens with two attached hydrogens (primary N) is 1. The van der Waals surface area contributed by atoms with Crippen molar-refractivity contribution in [2.24, 2.45) is 0 Å². The van der Waals surface area contributed by atoms with Crippen molar-refractivity contribution < 1.29 is 0 Å². The van der Waals surface area contributed by atoms with Gasteiger partial charge in [-0.25, -0.2) is 4.98 Å². The van der Waals surface area contributed by atoms with Crippen molar-refractivity contribution in [2.75, 3.05) is 5.73 Å². The average molecular weight is 216 g/mol. The van der Waals surface area contributed by atoms with E-state index in [1.165, 1.54) is 0 Å². The summed E-state index contributed by atoms with van der Waals surface area (Å²) >= 11 is 1.65. The molecule has 0 unspecified atom stereocenters. The van der Waals surface area contributed by atoms with Crippen LogP contribution in [0.4, 0.5) is 5.82 Å². The molecule has 3 heterocycles. The van der Waals surface area contributed by atoms with Crippen LogP contribution >= 0.6 is 11.3 Å². The maximum absolute atomic E-state index is 5.79. The third-order valence-electron chi connectivity index (χ3n) is 2.16. The van der Waals surface area contributed by atoms with Gasteiger partial charge < -0.3 is 5.73 Å². The molecule has 4 nitrogen and oxygen atoms in total. The summed E-state index contributed by atoms with van der Waals surface area (Å²) in [7, 11) is 0. The summed E-state index contributed by atoms with van der Waals surface area (Å²) in [6.45, 7) is 0. The first-order chi connectivity index (χ1) is 7.34. The lowest BCUT2D eigenvalue weighted by atomic mass is 10.3. The minimum absolute atomic E-state index is 0.600. The number of nitrogen functional groups attached to an aromatic ring is 1. The van der Waals surface area contributed by atoms with E-state index in [1.807, 2.05) is 23.6 Å². The first-order valence-electron chi connectivity index (χ1n) is 4.49. The van der Waals surface area contributed by atoms with Gasteiger partial charge in [-0.2, -0.15) is 9.61 Å². The number of hydrogen-bond donors (Lipinski definition) is 1. The molecule has 0 spiro atoms. The zero-order valence-corrected chi connectivity index (χ0v) is 8.61. The average Bonchev–Trinajstić information content (AvgIpc) is 2.86. The van der Waals surface area contributed by atoms with Gasteiger partial charge in [-0.05, 0) is 17.5 Å². The maximum atomic E-state index is 5.79. The zero-order chi connectivity index (χ0) is 10.3. The van der Waals surface area contributed by atoms with Gasteiger partial charge in [0.2, 0.25) is 0 Å². The lowest BCUT2D eigenvalue weighted by molar-refractivity contribution is 0.957. The molecule has 3 aromatic heterocycles. The van der Waals surface area contributed by atoms with E-state index in [0.717, 1.165) is 16.2 Å². The first-order valence-corrected chi connectivity index (χ1v) is 5.37. The Labute approximate surface area is 90.0 Å². The highest BCUT2D eigenvalue weighted by Gasteiger charge is 2.06. The van der Waals surface area contributed by atoms with Gasteiger partial charge in [-0.3, -0.25) is 0 Å². The summed E-state index contributed by atoms with van der Waals surface area (Å²) in [5.74, 6) is 0.600. The highest BCUT2D eigenvalue weighted by Crippen LogP contribution is 2.24. The summed E-state index contributed by atoms with van der Waals surface area (Å²) in [4.78, 5) is 5.32. The van der Waals surface area contributed by atoms with Crippen molar-refractivity contribution in [1.82, 2.24) is 14.6 Å². The molecule has 0 aromatic carbocycles. The maximum Gasteiger partial charge on any atom is 0.157 e. The van der Waals surface area contributed by atoms with Crippen molar-refractivity contribution in [2.45, 2.75) is 0 Å². The van der Waals surface area contributed by atoms with Gasteiger partial charge >= 0.3 is 0 Å². The number of nitrogens with zero attached hydrogens (tertiary/aromatic N) is 3. The Kier molecular flexibility index (Phi) is 1.72. The van der Waals surface area contributed by atoms with Crippen LogP contribution in [0.3, 0.4) is 0 Å². The number of thiophene rings is 1. The third kappa shape index (κ3) is 1.28. The molecule has 0 saturated heterocycles. The summed E-state index contributed by atoms with van der Waals surface area (Å²) in [6, 6.07) is 7.70. The van der Waals surface area contributed by atoms with Crippen molar-refractivity contribution in [1.29, 1.82) is 0 Å². The largest absolute Gasteiger partial charge is 0.384 e. The van der Waals surface area contributed by atoms with Gasteiger partial charge in [0.15, 0.2) is 5.65 Å². The second-order valence-electron chi connectivity index (χ2n) is 3.15. The molecule has 0 radical (unpaired) electrons. The van der Waals surface area contributed by atoms with E-state index < -0.39 is 0 Å². The summed E-state index contributed by atoms with van der Waals surface area (Å²) in [5, 5.41) is 6.42. The predicted octanol–water partition coefficient (Wildman–Crippen LogP) is 2.04. The fourth-order valence-corrected chi connectivity index (χ4v) is 2.14. The second-order valence-corrected chi connectivity index (χ2v) is 4.09. The van der Waals surface area contributed by atoms with Crippen molar-refractivity contribution in [3.8, 4) is 10.6 Å². The van der Waals surface area contributed by atoms with Crippen LogP contribution in [0.2, 0.25) is 0 Å². The predicted molar refractivity (Wildman–Crippen MR) is 60.7 cm³/mol. The van der Waals surface area contributed by atoms with Gasteiger partial charge in [0.05, 0.1) is 4.88 Å². The summed E-state index contributed by atoms with van der Waals surface area (Å²) in [6.07, 6.45) is 1.69. The van der Waals surface area contributed by atoms with Crippen molar-refractivity contribution in [3.05, 3.63) is 35.8 Å². The Hall–Kier alpha value is -1.88. The van der Waals surface area contributed by atoms with Gasteiger partial charge in [0.1, 0.15) is 11.5 Å². The van der Waals surface area contributed by atoms with Crippen LogP contribution in [0.25, 0.3) is 16.2 Å². The van der Waals surface area contributed by atoms with Gasteiger partial charge in [-0.1, -0.05) is 6.07 Å². The van der Waals surface area contributed by atoms with Crippen molar-refractivity contribution in [3.63, 3.8) is 0 Å². The molecular formula is C10H8N4S. The number of hydrogen-bond acceptors (Lipinski definition) is 4. The fourth-order valence-electron chi connectivity index (χ4n) is 1.46. The molecule has 0 saturated carbocycles. The van der Waals surface area contributed by atoms with Crippen LogP contribution in [0.1, 0.15) is 0 Å². The molecule has 2 N–H and O–H groups in total. The fraction of sp³-hybridized carbons (Fsp3) is 0. The van der Waals surface area contributed by atoms with Crippen LogP contribution in [0.15, 0.2) is 35.8 Å². The molecule has 3 rings (SSSR count). The molecule has 0 aliphatic rings. The second kappa shape index (κ2) is 3.06. The van der Waals surface area contributed by atoms with Crippen molar-refractivity contribution >= 4 is 22.8 Å². The lowest BCUT2D eigenvalue weighted by Crippen LogP contribution is -1.98. The van der Waals surface area contributed by atoms with E-state index in [0.29, 0.717) is 5.82 Å². The topological polar surface area (TPSA) is 56.2 Å². The Bertz CT molecular complexity index is 597. The SMILES string of the molecule is Nc1ccnc2cc(-c3cccs3)nn12. The van der Waals surface area contributed by atoms with E-state index >= 15 is 0 Å². The molecule has 0 aliphatic carbocycles. The van der Waals surface area contributed by atoms with Gasteiger partial charge in [0, 0.05) is 12.3 Å². The van der Waals surface area contributed by atoms with Gasteiger partial charge in [-0.15, -0.1) is 11.3 Å². The molecule has 3 aromatic rings. The van der Waals surface area contributed by atoms with Crippen LogP contribution < -0.4 is 5.73 Å². The Balaban J connectivity index is 2.27. The number of fused-ring (bicyclic) bond motifs is 1. The van der Waals surface area contributed by atoms with Crippen LogP contribution in [0, 0.1) is 0 Å². The molecule has 15 heavy (non-hydrogen) atoms. The highest BCUT2D eigenvalue weighted by molar-refractivity contribution is 7.13. The Morgan fingerprint density at radius 2 is 2.27 bits per heavy atom. The number of anilines is 1. The Morgan fingerprint density at radius 1 is 1.33 bits per heavy atom. The van der Waals surface area contributed by atoms with Crippen LogP contribution in [0.5, 0.6) is 0 Å². The molecule has 0 amide bonds. The minimum atomic E-state index is 0.600. The lowest BCUT2D eigenvalue weighted by Gasteiger charge is -1.94. The van der Waals surface area contributed by atoms with E-state index in [9.17, 15) is 0 Å². The van der Waals surface area contributed by atoms with Gasteiger partial charge in [0.25, 0.3) is 0 Å². The Morgan fingerprint density at radius 3 is 3.00 bits per heavy atom. The highest BCUT2D eigenvalue weighted by atomic mass is 32.1. The summed E-state index contributed by atoms with van der Waals surface area (Å²) < 4.78 is 1.65. The third-order valence-corrected chi connectivity index (χ3v) is 3.05. The van der Waals surface area contributed by atoms with E-state index in [1.54, 1.807) is 28.1 Å². The van der Waals surface area contributed by atoms with Crippen LogP contribution in [-0.2, 0) is 0 Å². The molecule has 0 bridgehead atoms. The molecule has 0 aliphatic heterocycles. The molecule has 0 fully saturated rings. The normalized spacial score (nSPS) is 10.9. The molecular weight excluding hydrogens is 208 g/mol. The summed E-state index contributed by atoms with van der Waals surface area (Å²) in [5.41, 5.74) is 7.48. The zero-order valence-electron chi connectivity index (χ0n) is 7.79. The first kappa shape index (κ1) is 8.43. The molecule has 74 valence electrons. The van der Waals surface area contributed by atoms with Crippen LogP contribution in [-0.4, -0.2) is 14.6 Å². The smallest absolute Gasteiger partial charge is 0.157 e.